The SMILES string of the molecule is COCCNCC(=O)Nc1cc2c(cc1Cl)OCO2. The van der Waals surface area contributed by atoms with Crippen molar-refractivity contribution in [2.75, 3.05) is 38.9 Å². The summed E-state index contributed by atoms with van der Waals surface area (Å²) < 4.78 is 15.3. The number of carbonyl (C=O) groups excluding carboxylic acids is 1. The zero-order chi connectivity index (χ0) is 13.7. The third-order valence-corrected chi connectivity index (χ3v) is 2.82. The maximum absolute atomic E-state index is 11.7. The Morgan fingerprint density at radius 3 is 2.89 bits per heavy atom. The molecule has 0 spiro atoms. The molecule has 0 atom stereocenters. The van der Waals surface area contributed by atoms with Gasteiger partial charge in [-0.2, -0.15) is 0 Å². The fourth-order valence-electron chi connectivity index (χ4n) is 1.58. The van der Waals surface area contributed by atoms with Crippen molar-refractivity contribution in [2.45, 2.75) is 0 Å². The Hall–Kier alpha value is -1.50. The predicted molar refractivity (Wildman–Crippen MR) is 71.0 cm³/mol. The summed E-state index contributed by atoms with van der Waals surface area (Å²) in [6.07, 6.45) is 0. The Bertz CT molecular complexity index is 467. The van der Waals surface area contributed by atoms with Crippen molar-refractivity contribution in [3.8, 4) is 11.5 Å². The Morgan fingerprint density at radius 2 is 2.16 bits per heavy atom. The van der Waals surface area contributed by atoms with E-state index in [-0.39, 0.29) is 19.2 Å². The molecule has 0 radical (unpaired) electrons. The third-order valence-electron chi connectivity index (χ3n) is 2.50. The van der Waals surface area contributed by atoms with Crippen molar-refractivity contribution < 1.29 is 19.0 Å². The van der Waals surface area contributed by atoms with Gasteiger partial charge < -0.3 is 24.8 Å². The highest BCUT2D eigenvalue weighted by atomic mass is 35.5. The average Bonchev–Trinajstić information content (AvgIpc) is 2.82. The van der Waals surface area contributed by atoms with Crippen molar-refractivity contribution >= 4 is 23.2 Å². The number of rotatable bonds is 6. The molecule has 2 rings (SSSR count). The Kier molecular flexibility index (Phi) is 4.84. The van der Waals surface area contributed by atoms with Crippen LogP contribution in [0.3, 0.4) is 0 Å². The largest absolute Gasteiger partial charge is 0.454 e. The summed E-state index contributed by atoms with van der Waals surface area (Å²) >= 11 is 6.05. The first kappa shape index (κ1) is 13.9. The summed E-state index contributed by atoms with van der Waals surface area (Å²) in [5, 5.41) is 6.06. The van der Waals surface area contributed by atoms with Crippen LogP contribution in [0.25, 0.3) is 0 Å². The lowest BCUT2D eigenvalue weighted by atomic mass is 10.2. The lowest BCUT2D eigenvalue weighted by Crippen LogP contribution is -2.30. The van der Waals surface area contributed by atoms with Crippen molar-refractivity contribution in [1.82, 2.24) is 5.32 Å². The zero-order valence-electron chi connectivity index (χ0n) is 10.5. The lowest BCUT2D eigenvalue weighted by molar-refractivity contribution is -0.115. The van der Waals surface area contributed by atoms with E-state index in [1.165, 1.54) is 0 Å². The second-order valence-corrected chi connectivity index (χ2v) is 4.31. The van der Waals surface area contributed by atoms with E-state index in [0.717, 1.165) is 0 Å². The third kappa shape index (κ3) is 3.73. The molecule has 0 saturated heterocycles. The van der Waals surface area contributed by atoms with Gasteiger partial charge in [0.25, 0.3) is 0 Å². The van der Waals surface area contributed by atoms with Gasteiger partial charge in [0.2, 0.25) is 12.7 Å². The van der Waals surface area contributed by atoms with E-state index in [1.54, 1.807) is 19.2 Å². The summed E-state index contributed by atoms with van der Waals surface area (Å²) in [4.78, 5) is 11.7. The van der Waals surface area contributed by atoms with E-state index in [9.17, 15) is 4.79 Å². The van der Waals surface area contributed by atoms with Crippen LogP contribution in [-0.4, -0.2) is 39.5 Å². The van der Waals surface area contributed by atoms with Crippen LogP contribution >= 0.6 is 11.6 Å². The number of amides is 1. The number of ether oxygens (including phenoxy) is 3. The van der Waals surface area contributed by atoms with Gasteiger partial charge in [0.15, 0.2) is 11.5 Å². The molecule has 2 N–H and O–H groups in total. The van der Waals surface area contributed by atoms with E-state index in [0.29, 0.717) is 35.4 Å². The molecule has 19 heavy (non-hydrogen) atoms. The molecule has 0 unspecified atom stereocenters. The van der Waals surface area contributed by atoms with Crippen molar-refractivity contribution in [1.29, 1.82) is 0 Å². The van der Waals surface area contributed by atoms with Crippen molar-refractivity contribution in [2.24, 2.45) is 0 Å². The molecule has 1 aromatic carbocycles. The molecule has 1 aliphatic rings. The lowest BCUT2D eigenvalue weighted by Gasteiger charge is -2.09. The van der Waals surface area contributed by atoms with Gasteiger partial charge in [0.05, 0.1) is 23.9 Å². The molecule has 6 nitrogen and oxygen atoms in total. The second kappa shape index (κ2) is 6.60. The summed E-state index contributed by atoms with van der Waals surface area (Å²) in [5.74, 6) is 0.977. The number of nitrogens with one attached hydrogen (secondary N) is 2. The number of halogens is 1. The smallest absolute Gasteiger partial charge is 0.238 e. The molecule has 0 fully saturated rings. The number of methoxy groups -OCH3 is 1. The minimum Gasteiger partial charge on any atom is -0.454 e. The zero-order valence-corrected chi connectivity index (χ0v) is 11.3. The van der Waals surface area contributed by atoms with Crippen LogP contribution in [0.5, 0.6) is 11.5 Å². The summed E-state index contributed by atoms with van der Waals surface area (Å²) in [6, 6.07) is 3.27. The number of anilines is 1. The fourth-order valence-corrected chi connectivity index (χ4v) is 1.78. The maximum Gasteiger partial charge on any atom is 0.238 e. The highest BCUT2D eigenvalue weighted by Gasteiger charge is 2.17. The molecule has 7 heteroatoms. The van der Waals surface area contributed by atoms with E-state index < -0.39 is 0 Å². The standard InChI is InChI=1S/C12H15ClN2O4/c1-17-3-2-14-6-12(16)15-9-5-11-10(4-8(9)13)18-7-19-11/h4-5,14H,2-3,6-7H2,1H3,(H,15,16). The summed E-state index contributed by atoms with van der Waals surface area (Å²) in [7, 11) is 1.61. The Balaban J connectivity index is 1.90. The van der Waals surface area contributed by atoms with E-state index in [1.807, 2.05) is 0 Å². The molecule has 0 bridgehead atoms. The average molecular weight is 287 g/mol. The number of carbonyl (C=O) groups is 1. The minimum absolute atomic E-state index is 0.168. The molecule has 1 aromatic rings. The van der Waals surface area contributed by atoms with Gasteiger partial charge >= 0.3 is 0 Å². The van der Waals surface area contributed by atoms with Crippen molar-refractivity contribution in [3.63, 3.8) is 0 Å². The van der Waals surface area contributed by atoms with Gasteiger partial charge in [-0.25, -0.2) is 0 Å². The molecule has 1 aliphatic heterocycles. The molecule has 0 aromatic heterocycles. The van der Waals surface area contributed by atoms with Crippen LogP contribution in [0, 0.1) is 0 Å². The molecular formula is C12H15ClN2O4. The van der Waals surface area contributed by atoms with Gasteiger partial charge in [0, 0.05) is 25.8 Å². The molecular weight excluding hydrogens is 272 g/mol. The normalized spacial score (nSPS) is 12.5. The van der Waals surface area contributed by atoms with Gasteiger partial charge in [-0.3, -0.25) is 4.79 Å². The quantitative estimate of drug-likeness (QED) is 0.770. The second-order valence-electron chi connectivity index (χ2n) is 3.90. The summed E-state index contributed by atoms with van der Waals surface area (Å²) in [6.45, 7) is 1.52. The topological polar surface area (TPSA) is 68.8 Å². The highest BCUT2D eigenvalue weighted by molar-refractivity contribution is 6.34. The van der Waals surface area contributed by atoms with Gasteiger partial charge in [-0.1, -0.05) is 11.6 Å². The molecule has 0 aliphatic carbocycles. The number of hydrogen-bond acceptors (Lipinski definition) is 5. The van der Waals surface area contributed by atoms with Crippen molar-refractivity contribution in [3.05, 3.63) is 17.2 Å². The highest BCUT2D eigenvalue weighted by Crippen LogP contribution is 2.39. The Morgan fingerprint density at radius 1 is 1.42 bits per heavy atom. The van der Waals surface area contributed by atoms with E-state index >= 15 is 0 Å². The van der Waals surface area contributed by atoms with Crippen LogP contribution in [0.15, 0.2) is 12.1 Å². The molecule has 0 saturated carbocycles. The van der Waals surface area contributed by atoms with Gasteiger partial charge in [-0.15, -0.1) is 0 Å². The van der Waals surface area contributed by atoms with E-state index in [4.69, 9.17) is 25.8 Å². The Labute approximate surface area is 116 Å². The van der Waals surface area contributed by atoms with Gasteiger partial charge in [0.1, 0.15) is 0 Å². The van der Waals surface area contributed by atoms with E-state index in [2.05, 4.69) is 10.6 Å². The number of benzene rings is 1. The molecule has 104 valence electrons. The fraction of sp³-hybridized carbons (Fsp3) is 0.417. The summed E-state index contributed by atoms with van der Waals surface area (Å²) in [5.41, 5.74) is 0.504. The van der Waals surface area contributed by atoms with Gasteiger partial charge in [-0.05, 0) is 0 Å². The van der Waals surface area contributed by atoms with Crippen LogP contribution in [0.2, 0.25) is 5.02 Å². The maximum atomic E-state index is 11.7. The number of hydrogen-bond donors (Lipinski definition) is 2. The van der Waals surface area contributed by atoms with Crippen LogP contribution < -0.4 is 20.1 Å². The first-order valence-corrected chi connectivity index (χ1v) is 6.17. The van der Waals surface area contributed by atoms with Crippen LogP contribution in [-0.2, 0) is 9.53 Å². The monoisotopic (exact) mass is 286 g/mol. The first-order chi connectivity index (χ1) is 9.20. The molecule has 1 amide bonds. The minimum atomic E-state index is -0.183. The predicted octanol–water partition coefficient (Wildman–Crippen LogP) is 1.24. The first-order valence-electron chi connectivity index (χ1n) is 5.79. The molecule has 1 heterocycles. The number of fused-ring (bicyclic) bond motifs is 1. The van der Waals surface area contributed by atoms with Crippen LogP contribution in [0.1, 0.15) is 0 Å². The van der Waals surface area contributed by atoms with Crippen LogP contribution in [0.4, 0.5) is 5.69 Å².